The maximum atomic E-state index is 5.86. The zero-order valence-electron chi connectivity index (χ0n) is 6.34. The van der Waals surface area contributed by atoms with E-state index in [4.69, 9.17) is 17.3 Å². The highest BCUT2D eigenvalue weighted by atomic mass is 35.5. The van der Waals surface area contributed by atoms with Crippen molar-refractivity contribution in [2.24, 2.45) is 0 Å². The molecule has 1 nitrogen and oxygen atoms in total. The van der Waals surface area contributed by atoms with Crippen molar-refractivity contribution in [2.75, 3.05) is 11.5 Å². The summed E-state index contributed by atoms with van der Waals surface area (Å²) >= 11 is 9.82. The molecular weight excluding hydrogens is 190 g/mol. The number of thiol groups is 1. The number of nitrogens with two attached hydrogens (primary N) is 1. The van der Waals surface area contributed by atoms with Crippen molar-refractivity contribution in [3.05, 3.63) is 28.8 Å². The van der Waals surface area contributed by atoms with Crippen molar-refractivity contribution >= 4 is 29.9 Å². The minimum atomic E-state index is 0.505. The van der Waals surface area contributed by atoms with Crippen LogP contribution in [0.4, 0.5) is 5.69 Å². The largest absolute Gasteiger partial charge is 0.398 e. The molecule has 0 heterocycles. The van der Waals surface area contributed by atoms with Gasteiger partial charge < -0.3 is 5.73 Å². The Morgan fingerprint density at radius 1 is 1.50 bits per heavy atom. The second-order valence-corrected chi connectivity index (χ2v) is 2.89. The first-order valence-corrected chi connectivity index (χ1v) is 4.40. The van der Waals surface area contributed by atoms with Crippen LogP contribution in [0.25, 0.3) is 0 Å². The molecule has 0 bridgehead atoms. The Balaban J connectivity index is 3.13. The van der Waals surface area contributed by atoms with Gasteiger partial charge in [0.15, 0.2) is 0 Å². The predicted octanol–water partition coefficient (Wildman–Crippen LogP) is 2.20. The van der Waals surface area contributed by atoms with E-state index in [0.29, 0.717) is 22.0 Å². The second-order valence-electron chi connectivity index (χ2n) is 2.16. The first-order valence-electron chi connectivity index (χ1n) is 3.39. The molecule has 0 radical (unpaired) electrons. The van der Waals surface area contributed by atoms with E-state index in [1.165, 1.54) is 0 Å². The maximum Gasteiger partial charge on any atom is 0.0661 e. The van der Waals surface area contributed by atoms with Gasteiger partial charge in [0.2, 0.25) is 0 Å². The number of anilines is 1. The molecule has 0 aromatic heterocycles. The van der Waals surface area contributed by atoms with E-state index in [1.807, 2.05) is 0 Å². The van der Waals surface area contributed by atoms with Gasteiger partial charge in [-0.05, 0) is 12.1 Å². The first-order chi connectivity index (χ1) is 5.75. The summed E-state index contributed by atoms with van der Waals surface area (Å²) in [5.74, 6) is 6.15. The van der Waals surface area contributed by atoms with Crippen molar-refractivity contribution in [3.8, 4) is 11.8 Å². The molecule has 0 spiro atoms. The van der Waals surface area contributed by atoms with Crippen LogP contribution in [0.5, 0.6) is 0 Å². The Morgan fingerprint density at radius 2 is 2.25 bits per heavy atom. The molecule has 0 aliphatic heterocycles. The summed E-state index contributed by atoms with van der Waals surface area (Å²) in [5, 5.41) is 0.587. The minimum Gasteiger partial charge on any atom is -0.398 e. The third-order valence-corrected chi connectivity index (χ3v) is 1.81. The van der Waals surface area contributed by atoms with Crippen LogP contribution in [0.15, 0.2) is 18.2 Å². The lowest BCUT2D eigenvalue weighted by atomic mass is 10.2. The van der Waals surface area contributed by atoms with E-state index in [0.717, 1.165) is 0 Å². The Morgan fingerprint density at radius 3 is 2.83 bits per heavy atom. The van der Waals surface area contributed by atoms with Gasteiger partial charge in [-0.1, -0.05) is 29.5 Å². The SMILES string of the molecule is Nc1cccc(Cl)c1C#CCS. The molecule has 3 heteroatoms. The lowest BCUT2D eigenvalue weighted by Crippen LogP contribution is -1.90. The summed E-state index contributed by atoms with van der Waals surface area (Å²) in [5.41, 5.74) is 6.95. The molecule has 62 valence electrons. The quantitative estimate of drug-likeness (QED) is 0.372. The molecule has 0 saturated carbocycles. The Bertz CT molecular complexity index is 318. The Kier molecular flexibility index (Phi) is 3.33. The maximum absolute atomic E-state index is 5.86. The van der Waals surface area contributed by atoms with Gasteiger partial charge in [0.25, 0.3) is 0 Å². The molecule has 1 rings (SSSR count). The fourth-order valence-corrected chi connectivity index (χ4v) is 1.11. The molecule has 0 amide bonds. The molecule has 0 saturated heterocycles. The fourth-order valence-electron chi connectivity index (χ4n) is 0.801. The Labute approximate surface area is 82.3 Å². The number of nitrogen functional groups attached to an aromatic ring is 1. The molecule has 0 aliphatic carbocycles. The van der Waals surface area contributed by atoms with Crippen LogP contribution in [0, 0.1) is 11.8 Å². The lowest BCUT2D eigenvalue weighted by molar-refractivity contribution is 1.62. The lowest BCUT2D eigenvalue weighted by Gasteiger charge is -1.98. The van der Waals surface area contributed by atoms with E-state index >= 15 is 0 Å². The second kappa shape index (κ2) is 4.30. The molecular formula is C9H8ClNS. The van der Waals surface area contributed by atoms with Gasteiger partial charge in [0, 0.05) is 5.69 Å². The monoisotopic (exact) mass is 197 g/mol. The first kappa shape index (κ1) is 9.31. The highest BCUT2D eigenvalue weighted by molar-refractivity contribution is 7.80. The third-order valence-electron chi connectivity index (χ3n) is 1.34. The van der Waals surface area contributed by atoms with E-state index in [9.17, 15) is 0 Å². The van der Waals surface area contributed by atoms with Crippen LogP contribution in [-0.2, 0) is 0 Å². The molecule has 2 N–H and O–H groups in total. The van der Waals surface area contributed by atoms with E-state index in [-0.39, 0.29) is 0 Å². The van der Waals surface area contributed by atoms with Crippen molar-refractivity contribution in [3.63, 3.8) is 0 Å². The van der Waals surface area contributed by atoms with Crippen LogP contribution < -0.4 is 5.73 Å². The number of hydrogen-bond donors (Lipinski definition) is 2. The van der Waals surface area contributed by atoms with Crippen LogP contribution in [0.3, 0.4) is 0 Å². The van der Waals surface area contributed by atoms with Crippen molar-refractivity contribution < 1.29 is 0 Å². The van der Waals surface area contributed by atoms with Gasteiger partial charge >= 0.3 is 0 Å². The fraction of sp³-hybridized carbons (Fsp3) is 0.111. The summed E-state index contributed by atoms with van der Waals surface area (Å²) in [6, 6.07) is 5.33. The normalized spacial score (nSPS) is 8.83. The topological polar surface area (TPSA) is 26.0 Å². The molecule has 1 aromatic rings. The van der Waals surface area contributed by atoms with E-state index < -0.39 is 0 Å². The van der Waals surface area contributed by atoms with Crippen LogP contribution in [0.2, 0.25) is 5.02 Å². The van der Waals surface area contributed by atoms with E-state index in [1.54, 1.807) is 18.2 Å². The molecule has 0 fully saturated rings. The van der Waals surface area contributed by atoms with Crippen molar-refractivity contribution in [2.45, 2.75) is 0 Å². The summed E-state index contributed by atoms with van der Waals surface area (Å²) in [4.78, 5) is 0. The standard InChI is InChI=1S/C9H8ClNS/c10-8-4-1-5-9(11)7(8)3-2-6-12/h1,4-5,12H,6,11H2. The highest BCUT2D eigenvalue weighted by Gasteiger charge is 1.98. The average molecular weight is 198 g/mol. The third kappa shape index (κ3) is 2.10. The van der Waals surface area contributed by atoms with Crippen molar-refractivity contribution in [1.82, 2.24) is 0 Å². The summed E-state index contributed by atoms with van der Waals surface area (Å²) < 4.78 is 0. The smallest absolute Gasteiger partial charge is 0.0661 e. The number of hydrogen-bond acceptors (Lipinski definition) is 2. The number of rotatable bonds is 0. The predicted molar refractivity (Wildman–Crippen MR) is 56.6 cm³/mol. The molecule has 12 heavy (non-hydrogen) atoms. The highest BCUT2D eigenvalue weighted by Crippen LogP contribution is 2.20. The average Bonchev–Trinajstić information content (AvgIpc) is 2.04. The van der Waals surface area contributed by atoms with Gasteiger partial charge in [0.05, 0.1) is 16.3 Å². The van der Waals surface area contributed by atoms with Crippen molar-refractivity contribution in [1.29, 1.82) is 0 Å². The zero-order valence-corrected chi connectivity index (χ0v) is 7.99. The molecule has 0 aliphatic rings. The van der Waals surface area contributed by atoms with Gasteiger partial charge in [-0.2, -0.15) is 12.6 Å². The molecule has 0 atom stereocenters. The summed E-state index contributed by atoms with van der Waals surface area (Å²) in [6.45, 7) is 0. The molecule has 1 aromatic carbocycles. The zero-order chi connectivity index (χ0) is 8.97. The van der Waals surface area contributed by atoms with Gasteiger partial charge in [-0.25, -0.2) is 0 Å². The van der Waals surface area contributed by atoms with Crippen LogP contribution in [0.1, 0.15) is 5.56 Å². The van der Waals surface area contributed by atoms with Crippen LogP contribution in [-0.4, -0.2) is 5.75 Å². The molecule has 0 unspecified atom stereocenters. The minimum absolute atomic E-state index is 0.505. The number of halogens is 1. The van der Waals surface area contributed by atoms with Gasteiger partial charge in [-0.15, -0.1) is 0 Å². The Hall–Kier alpha value is -0.780. The summed E-state index contributed by atoms with van der Waals surface area (Å²) in [6.07, 6.45) is 0. The van der Waals surface area contributed by atoms with Gasteiger partial charge in [-0.3, -0.25) is 0 Å². The van der Waals surface area contributed by atoms with Crippen LogP contribution >= 0.6 is 24.2 Å². The van der Waals surface area contributed by atoms with E-state index in [2.05, 4.69) is 24.5 Å². The summed E-state index contributed by atoms with van der Waals surface area (Å²) in [7, 11) is 0. The number of benzene rings is 1. The van der Waals surface area contributed by atoms with Gasteiger partial charge in [0.1, 0.15) is 0 Å².